The van der Waals surface area contributed by atoms with Crippen molar-refractivity contribution in [3.8, 4) is 0 Å². The van der Waals surface area contributed by atoms with E-state index in [-0.39, 0.29) is 11.8 Å². The van der Waals surface area contributed by atoms with Crippen LogP contribution in [0.1, 0.15) is 67.2 Å². The lowest BCUT2D eigenvalue weighted by Gasteiger charge is -2.33. The molecule has 6 nitrogen and oxygen atoms in total. The van der Waals surface area contributed by atoms with Gasteiger partial charge in [0, 0.05) is 0 Å². The van der Waals surface area contributed by atoms with Gasteiger partial charge in [0.25, 0.3) is 0 Å². The Balaban J connectivity index is 4.61. The van der Waals surface area contributed by atoms with Crippen LogP contribution in [-0.4, -0.2) is 56.3 Å². The second kappa shape index (κ2) is 11.9. The van der Waals surface area contributed by atoms with Crippen molar-refractivity contribution in [3.05, 3.63) is 0 Å². The summed E-state index contributed by atoms with van der Waals surface area (Å²) < 4.78 is 4.56. The van der Waals surface area contributed by atoms with Crippen molar-refractivity contribution in [1.82, 2.24) is 5.32 Å². The number of carbonyl (C=O) groups excluding carboxylic acids is 1. The molecule has 162 valence electrons. The Bertz CT molecular complexity index is 444. The maximum Gasteiger partial charge on any atom is 0.309 e. The molecule has 0 spiro atoms. The Hall–Kier alpha value is 0.0400. The molecule has 0 saturated heterocycles. The molecule has 0 aromatic carbocycles. The Morgan fingerprint density at radius 1 is 1.15 bits per heavy atom. The molecule has 0 bridgehead atoms. The minimum absolute atomic E-state index is 0.152. The Kier molecular flexibility index (Phi) is 11.9. The first-order chi connectivity index (χ1) is 12.3. The third-order valence-corrected chi connectivity index (χ3v) is 6.54. The van der Waals surface area contributed by atoms with Gasteiger partial charge in [-0.1, -0.05) is 27.7 Å². The van der Waals surface area contributed by atoms with E-state index in [4.69, 9.17) is 4.74 Å². The fourth-order valence-corrected chi connectivity index (χ4v) is 4.36. The number of ether oxygens (including phenoxy) is 1. The lowest BCUT2D eigenvalue weighted by molar-refractivity contribution is -0.166. The number of aliphatic hydroxyl groups excluding tert-OH is 1. The van der Waals surface area contributed by atoms with E-state index in [9.17, 15) is 20.1 Å². The summed E-state index contributed by atoms with van der Waals surface area (Å²) in [6, 6.07) is 0. The van der Waals surface area contributed by atoms with E-state index in [1.54, 1.807) is 13.8 Å². The molecule has 0 heterocycles. The summed E-state index contributed by atoms with van der Waals surface area (Å²) in [5.41, 5.74) is -2.27. The van der Waals surface area contributed by atoms with Gasteiger partial charge in [0.15, 0.2) is 4.11 Å². The van der Waals surface area contributed by atoms with E-state index in [0.29, 0.717) is 31.6 Å². The topological polar surface area (TPSA) is 99.0 Å². The summed E-state index contributed by atoms with van der Waals surface area (Å²) in [7, 11) is 1.90. The van der Waals surface area contributed by atoms with Gasteiger partial charge in [0.05, 0.1) is 17.6 Å². The third kappa shape index (κ3) is 9.87. The molecule has 27 heavy (non-hydrogen) atoms. The maximum absolute atomic E-state index is 12.4. The van der Waals surface area contributed by atoms with Gasteiger partial charge < -0.3 is 25.4 Å². The van der Waals surface area contributed by atoms with E-state index in [2.05, 4.69) is 12.2 Å². The molecule has 0 aliphatic heterocycles. The zero-order chi connectivity index (χ0) is 21.4. The van der Waals surface area contributed by atoms with Gasteiger partial charge in [-0.3, -0.25) is 4.79 Å². The maximum atomic E-state index is 12.4. The number of nitrogens with one attached hydrogen (secondary N) is 1. The Morgan fingerprint density at radius 3 is 2.15 bits per heavy atom. The van der Waals surface area contributed by atoms with Crippen LogP contribution in [-0.2, 0) is 9.53 Å². The minimum Gasteiger partial charge on any atom is -0.448 e. The highest BCUT2D eigenvalue weighted by molar-refractivity contribution is 14.1. The number of alkyl halides is 1. The zero-order valence-electron chi connectivity index (χ0n) is 18.0. The van der Waals surface area contributed by atoms with Crippen molar-refractivity contribution < 1.29 is 24.9 Å². The second-order valence-electron chi connectivity index (χ2n) is 8.71. The second-order valence-corrected chi connectivity index (χ2v) is 9.84. The molecule has 7 heteroatoms. The van der Waals surface area contributed by atoms with Crippen molar-refractivity contribution in [2.24, 2.45) is 17.8 Å². The van der Waals surface area contributed by atoms with E-state index < -0.39 is 27.4 Å². The highest BCUT2D eigenvalue weighted by atomic mass is 127. The average molecular weight is 501 g/mol. The fourth-order valence-electron chi connectivity index (χ4n) is 3.69. The number of rotatable bonds is 13. The fraction of sp³-hybridized carbons (Fsp3) is 0.950. The van der Waals surface area contributed by atoms with E-state index in [1.165, 1.54) is 6.92 Å². The molecule has 7 atom stereocenters. The molecule has 0 rings (SSSR count). The van der Waals surface area contributed by atoms with Gasteiger partial charge >= 0.3 is 5.97 Å². The number of halogens is 1. The smallest absolute Gasteiger partial charge is 0.309 e. The van der Waals surface area contributed by atoms with Crippen molar-refractivity contribution in [1.29, 1.82) is 0 Å². The number of carbonyl (C=O) groups is 1. The first-order valence-corrected chi connectivity index (χ1v) is 11.1. The molecule has 0 unspecified atom stereocenters. The highest BCUT2D eigenvalue weighted by Crippen LogP contribution is 2.30. The van der Waals surface area contributed by atoms with Crippen molar-refractivity contribution in [2.75, 3.05) is 13.6 Å². The van der Waals surface area contributed by atoms with Crippen LogP contribution in [0.2, 0.25) is 0 Å². The van der Waals surface area contributed by atoms with Crippen LogP contribution < -0.4 is 5.32 Å². The van der Waals surface area contributed by atoms with Crippen LogP contribution in [0.5, 0.6) is 0 Å². The molecule has 4 N–H and O–H groups in total. The highest BCUT2D eigenvalue weighted by Gasteiger charge is 2.40. The summed E-state index contributed by atoms with van der Waals surface area (Å²) in [5, 5.41) is 34.1. The molecule has 0 aliphatic rings. The lowest BCUT2D eigenvalue weighted by atomic mass is 9.82. The number of aliphatic hydroxyl groups is 3. The molecule has 0 saturated carbocycles. The first kappa shape index (κ1) is 27.0. The third-order valence-electron chi connectivity index (χ3n) is 5.03. The molecule has 0 aliphatic carbocycles. The Morgan fingerprint density at radius 2 is 1.67 bits per heavy atom. The average Bonchev–Trinajstić information content (AvgIpc) is 2.52. The van der Waals surface area contributed by atoms with Gasteiger partial charge in [0.2, 0.25) is 0 Å². The molecule has 0 fully saturated rings. The lowest BCUT2D eigenvalue weighted by Crippen LogP contribution is -2.48. The van der Waals surface area contributed by atoms with Crippen LogP contribution in [0.3, 0.4) is 0 Å². The Labute approximate surface area is 178 Å². The summed E-state index contributed by atoms with van der Waals surface area (Å²) in [6.07, 6.45) is 1.31. The molecular formula is C20H40INO5. The summed E-state index contributed by atoms with van der Waals surface area (Å²) >= 11 is 1.85. The predicted molar refractivity (Wildman–Crippen MR) is 117 cm³/mol. The van der Waals surface area contributed by atoms with Gasteiger partial charge in [-0.25, -0.2) is 0 Å². The monoisotopic (exact) mass is 501 g/mol. The zero-order valence-corrected chi connectivity index (χ0v) is 20.1. The van der Waals surface area contributed by atoms with Crippen molar-refractivity contribution >= 4 is 28.6 Å². The summed E-state index contributed by atoms with van der Waals surface area (Å²) in [4.78, 5) is 12.4. The van der Waals surface area contributed by atoms with Crippen LogP contribution in [0.25, 0.3) is 0 Å². The first-order valence-electron chi connectivity index (χ1n) is 9.88. The summed E-state index contributed by atoms with van der Waals surface area (Å²) in [5.74, 6) is -0.226. The largest absolute Gasteiger partial charge is 0.448 e. The van der Waals surface area contributed by atoms with Crippen LogP contribution in [0.15, 0.2) is 0 Å². The SMILES string of the molecule is CC[C@@H](O)[C@](C)(O)[C@@H](I)OC(=O)[C@H](C)C[C@H](C)C[C@](C)(O)C[C@@H](C)CNC. The normalized spacial score (nSPS) is 22.0. The number of esters is 1. The van der Waals surface area contributed by atoms with E-state index in [0.717, 1.165) is 6.54 Å². The van der Waals surface area contributed by atoms with Gasteiger partial charge in [-0.05, 0) is 87.5 Å². The molecular weight excluding hydrogens is 461 g/mol. The van der Waals surface area contributed by atoms with Crippen LogP contribution in [0.4, 0.5) is 0 Å². The molecule has 0 aromatic rings. The van der Waals surface area contributed by atoms with Crippen molar-refractivity contribution in [3.63, 3.8) is 0 Å². The van der Waals surface area contributed by atoms with Gasteiger partial charge in [0.1, 0.15) is 5.60 Å². The molecule has 0 radical (unpaired) electrons. The van der Waals surface area contributed by atoms with E-state index >= 15 is 0 Å². The van der Waals surface area contributed by atoms with Gasteiger partial charge in [-0.2, -0.15) is 0 Å². The minimum atomic E-state index is -1.50. The summed E-state index contributed by atoms with van der Waals surface area (Å²) in [6.45, 7) is 11.9. The standard InChI is InChI=1S/C20H40INO5/c1-8-16(23)20(6,26)18(21)27-17(24)15(4)9-13(2)10-19(5,25)11-14(3)12-22-7/h13-16,18,22-23,25-26H,8-12H2,1-7H3/t13-,14+,15+,16+,18-,19-,20-/m0/s1. The van der Waals surface area contributed by atoms with E-state index in [1.807, 2.05) is 43.5 Å². The number of hydrogen-bond donors (Lipinski definition) is 4. The quantitative estimate of drug-likeness (QED) is 0.176. The van der Waals surface area contributed by atoms with Crippen LogP contribution >= 0.6 is 22.6 Å². The molecule has 0 aromatic heterocycles. The predicted octanol–water partition coefficient (Wildman–Crippen LogP) is 2.86. The van der Waals surface area contributed by atoms with Crippen LogP contribution in [0, 0.1) is 17.8 Å². The van der Waals surface area contributed by atoms with Crippen molar-refractivity contribution in [2.45, 2.75) is 88.6 Å². The number of hydrogen-bond acceptors (Lipinski definition) is 6. The van der Waals surface area contributed by atoms with Gasteiger partial charge in [-0.15, -0.1) is 0 Å². The molecule has 0 amide bonds.